The summed E-state index contributed by atoms with van der Waals surface area (Å²) in [7, 11) is 0. The van der Waals surface area contributed by atoms with Gasteiger partial charge in [0.15, 0.2) is 5.82 Å². The van der Waals surface area contributed by atoms with E-state index in [2.05, 4.69) is 83.8 Å². The summed E-state index contributed by atoms with van der Waals surface area (Å²) in [5.74, 6) is 0.629. The van der Waals surface area contributed by atoms with Crippen LogP contribution in [0.2, 0.25) is 5.15 Å². The van der Waals surface area contributed by atoms with Crippen LogP contribution in [0.1, 0.15) is 0 Å². The highest BCUT2D eigenvalue weighted by Crippen LogP contribution is 2.31. The summed E-state index contributed by atoms with van der Waals surface area (Å²) >= 11 is 6.32. The van der Waals surface area contributed by atoms with Crippen LogP contribution in [0.5, 0.6) is 0 Å². The number of rotatable bonds is 3. The van der Waals surface area contributed by atoms with Gasteiger partial charge in [-0.25, -0.2) is 9.97 Å². The second-order valence-corrected chi connectivity index (χ2v) is 8.45. The third kappa shape index (κ3) is 3.75. The number of hydrogen-bond acceptors (Lipinski definition) is 2. The zero-order valence-electron chi connectivity index (χ0n) is 17.7. The van der Waals surface area contributed by atoms with Crippen molar-refractivity contribution in [3.8, 4) is 33.8 Å². The Labute approximate surface area is 197 Å². The van der Waals surface area contributed by atoms with Crippen molar-refractivity contribution < 1.29 is 0 Å². The maximum absolute atomic E-state index is 6.32. The minimum Gasteiger partial charge on any atom is -0.228 e. The molecule has 0 radical (unpaired) electrons. The lowest BCUT2D eigenvalue weighted by molar-refractivity contribution is 1.18. The smallest absolute Gasteiger partial charge is 0.161 e. The van der Waals surface area contributed by atoms with E-state index in [1.165, 1.54) is 27.1 Å². The summed E-state index contributed by atoms with van der Waals surface area (Å²) in [4.78, 5) is 9.15. The summed E-state index contributed by atoms with van der Waals surface area (Å²) in [6.45, 7) is 0. The maximum Gasteiger partial charge on any atom is 0.161 e. The second-order valence-electron chi connectivity index (χ2n) is 8.07. The summed E-state index contributed by atoms with van der Waals surface area (Å²) in [6.07, 6.45) is 0. The maximum atomic E-state index is 6.32. The van der Waals surface area contributed by atoms with Gasteiger partial charge in [-0.1, -0.05) is 115 Å². The minimum absolute atomic E-state index is 0.435. The molecule has 0 saturated carbocycles. The predicted molar refractivity (Wildman–Crippen MR) is 138 cm³/mol. The third-order valence-corrected chi connectivity index (χ3v) is 6.18. The molecule has 0 unspecified atom stereocenters. The molecule has 0 amide bonds. The van der Waals surface area contributed by atoms with Gasteiger partial charge in [-0.3, -0.25) is 0 Å². The van der Waals surface area contributed by atoms with E-state index in [0.717, 1.165) is 22.4 Å². The Morgan fingerprint density at radius 1 is 0.455 bits per heavy atom. The highest BCUT2D eigenvalue weighted by atomic mass is 35.5. The van der Waals surface area contributed by atoms with Gasteiger partial charge < -0.3 is 0 Å². The monoisotopic (exact) mass is 442 g/mol. The third-order valence-electron chi connectivity index (χ3n) is 5.99. The van der Waals surface area contributed by atoms with E-state index >= 15 is 0 Å². The molecular formula is C30H19ClN2. The largest absolute Gasteiger partial charge is 0.228 e. The standard InChI is InChI=1S/C30H19ClN2/c31-29-19-28(32-30(33-29)23-7-2-1-3-8-23)22-13-10-20(11-14-22)24-16-17-27-25(18-24)15-12-21-6-4-5-9-26(21)27/h1-19H. The van der Waals surface area contributed by atoms with Gasteiger partial charge in [0, 0.05) is 17.2 Å². The van der Waals surface area contributed by atoms with E-state index in [4.69, 9.17) is 16.6 Å². The number of aromatic nitrogens is 2. The van der Waals surface area contributed by atoms with Crippen LogP contribution in [0.4, 0.5) is 0 Å². The number of hydrogen-bond donors (Lipinski definition) is 0. The average molecular weight is 443 g/mol. The Morgan fingerprint density at radius 3 is 1.97 bits per heavy atom. The first-order chi connectivity index (χ1) is 16.2. The number of nitrogens with zero attached hydrogens (tertiary/aromatic N) is 2. The second kappa shape index (κ2) is 8.16. The van der Waals surface area contributed by atoms with Crippen molar-refractivity contribution >= 4 is 33.1 Å². The normalized spacial score (nSPS) is 11.2. The molecule has 0 aliphatic carbocycles. The highest BCUT2D eigenvalue weighted by Gasteiger charge is 2.09. The fourth-order valence-corrected chi connectivity index (χ4v) is 4.49. The molecule has 0 saturated heterocycles. The summed E-state index contributed by atoms with van der Waals surface area (Å²) in [5.41, 5.74) is 5.12. The molecule has 0 fully saturated rings. The molecule has 6 rings (SSSR count). The molecule has 1 aromatic heterocycles. The topological polar surface area (TPSA) is 25.8 Å². The SMILES string of the molecule is Clc1cc(-c2ccc(-c3ccc4c(ccc5ccccc54)c3)cc2)nc(-c2ccccc2)n1. The lowest BCUT2D eigenvalue weighted by Crippen LogP contribution is -1.93. The van der Waals surface area contributed by atoms with Gasteiger partial charge in [-0.15, -0.1) is 0 Å². The average Bonchev–Trinajstić information content (AvgIpc) is 2.88. The molecule has 1 heterocycles. The van der Waals surface area contributed by atoms with Gasteiger partial charge >= 0.3 is 0 Å². The molecule has 0 N–H and O–H groups in total. The van der Waals surface area contributed by atoms with Crippen LogP contribution >= 0.6 is 11.6 Å². The van der Waals surface area contributed by atoms with Crippen molar-refractivity contribution in [1.82, 2.24) is 9.97 Å². The first kappa shape index (κ1) is 19.7. The lowest BCUT2D eigenvalue weighted by atomic mass is 9.97. The summed E-state index contributed by atoms with van der Waals surface area (Å²) in [5, 5.41) is 5.50. The molecular weight excluding hydrogens is 424 g/mol. The summed E-state index contributed by atoms with van der Waals surface area (Å²) < 4.78 is 0. The number of halogens is 1. The molecule has 33 heavy (non-hydrogen) atoms. The van der Waals surface area contributed by atoms with Crippen molar-refractivity contribution in [3.05, 3.63) is 120 Å². The van der Waals surface area contributed by atoms with Crippen LogP contribution in [0.25, 0.3) is 55.3 Å². The van der Waals surface area contributed by atoms with Crippen LogP contribution < -0.4 is 0 Å². The molecule has 0 atom stereocenters. The fourth-order valence-electron chi connectivity index (χ4n) is 4.31. The van der Waals surface area contributed by atoms with Crippen LogP contribution in [0.3, 0.4) is 0 Å². The van der Waals surface area contributed by atoms with Crippen molar-refractivity contribution in [3.63, 3.8) is 0 Å². The zero-order chi connectivity index (χ0) is 22.2. The van der Waals surface area contributed by atoms with E-state index in [0.29, 0.717) is 11.0 Å². The van der Waals surface area contributed by atoms with Gasteiger partial charge in [0.05, 0.1) is 5.69 Å². The predicted octanol–water partition coefficient (Wildman–Crippen LogP) is 8.44. The van der Waals surface area contributed by atoms with Gasteiger partial charge in [-0.2, -0.15) is 0 Å². The van der Waals surface area contributed by atoms with E-state index < -0.39 is 0 Å². The van der Waals surface area contributed by atoms with E-state index in [1.807, 2.05) is 36.4 Å². The van der Waals surface area contributed by atoms with Gasteiger partial charge in [0.25, 0.3) is 0 Å². The van der Waals surface area contributed by atoms with Crippen molar-refractivity contribution in [2.24, 2.45) is 0 Å². The van der Waals surface area contributed by atoms with Crippen molar-refractivity contribution in [1.29, 1.82) is 0 Å². The molecule has 6 aromatic rings. The molecule has 156 valence electrons. The van der Waals surface area contributed by atoms with E-state index in [9.17, 15) is 0 Å². The molecule has 0 aliphatic rings. The minimum atomic E-state index is 0.435. The van der Waals surface area contributed by atoms with Gasteiger partial charge in [-0.05, 0) is 38.7 Å². The molecule has 0 spiro atoms. The quantitative estimate of drug-likeness (QED) is 0.203. The molecule has 3 heteroatoms. The molecule has 5 aromatic carbocycles. The zero-order valence-corrected chi connectivity index (χ0v) is 18.5. The summed E-state index contributed by atoms with van der Waals surface area (Å²) in [6, 6.07) is 39.7. The van der Waals surface area contributed by atoms with Crippen LogP contribution in [0.15, 0.2) is 115 Å². The lowest BCUT2D eigenvalue weighted by Gasteiger charge is -2.09. The molecule has 0 aliphatic heterocycles. The fraction of sp³-hybridized carbons (Fsp3) is 0. The van der Waals surface area contributed by atoms with E-state index in [1.54, 1.807) is 0 Å². The van der Waals surface area contributed by atoms with Crippen LogP contribution in [-0.2, 0) is 0 Å². The Kier molecular flexibility index (Phi) is 4.86. The Morgan fingerprint density at radius 2 is 1.12 bits per heavy atom. The Bertz CT molecular complexity index is 1610. The van der Waals surface area contributed by atoms with Gasteiger partial charge in [0.2, 0.25) is 0 Å². The van der Waals surface area contributed by atoms with Crippen molar-refractivity contribution in [2.75, 3.05) is 0 Å². The van der Waals surface area contributed by atoms with Crippen molar-refractivity contribution in [2.45, 2.75) is 0 Å². The van der Waals surface area contributed by atoms with E-state index in [-0.39, 0.29) is 0 Å². The number of benzene rings is 5. The van der Waals surface area contributed by atoms with Crippen LogP contribution in [0, 0.1) is 0 Å². The number of fused-ring (bicyclic) bond motifs is 3. The highest BCUT2D eigenvalue weighted by molar-refractivity contribution is 6.29. The molecule has 0 bridgehead atoms. The Hall–Kier alpha value is -4.01. The Balaban J connectivity index is 1.36. The van der Waals surface area contributed by atoms with Crippen LogP contribution in [-0.4, -0.2) is 9.97 Å². The first-order valence-corrected chi connectivity index (χ1v) is 11.2. The first-order valence-electron chi connectivity index (χ1n) is 10.9. The van der Waals surface area contributed by atoms with Gasteiger partial charge in [0.1, 0.15) is 5.15 Å². The molecule has 2 nitrogen and oxygen atoms in total.